The summed E-state index contributed by atoms with van der Waals surface area (Å²) in [7, 11) is 0. The van der Waals surface area contributed by atoms with Crippen LogP contribution in [0.2, 0.25) is 0 Å². The Bertz CT molecular complexity index is 638. The molecule has 7 heteroatoms. The third-order valence-electron chi connectivity index (χ3n) is 2.17. The fraction of sp³-hybridized carbons (Fsp3) is 0. The molecule has 3 N–H and O–H groups in total. The molecule has 0 atom stereocenters. The fourth-order valence-electron chi connectivity index (χ4n) is 1.28. The van der Waals surface area contributed by atoms with E-state index in [-0.39, 0.29) is 17.1 Å². The molecule has 1 heterocycles. The maximum Gasteiger partial charge on any atom is 0.150 e. The summed E-state index contributed by atoms with van der Waals surface area (Å²) in [4.78, 5) is 7.71. The van der Waals surface area contributed by atoms with E-state index >= 15 is 0 Å². The Labute approximate surface area is 111 Å². The lowest BCUT2D eigenvalue weighted by molar-refractivity contribution is 0.631. The number of nitrogens with zero attached hydrogens (tertiary/aromatic N) is 3. The van der Waals surface area contributed by atoms with Gasteiger partial charge < -0.3 is 11.1 Å². The first kappa shape index (κ1) is 12.3. The van der Waals surface area contributed by atoms with Crippen LogP contribution in [0.1, 0.15) is 5.56 Å². The minimum absolute atomic E-state index is 0.202. The van der Waals surface area contributed by atoms with Crippen molar-refractivity contribution < 1.29 is 4.39 Å². The Morgan fingerprint density at radius 1 is 1.39 bits per heavy atom. The zero-order valence-electron chi connectivity index (χ0n) is 8.98. The molecule has 18 heavy (non-hydrogen) atoms. The third-order valence-corrected chi connectivity index (χ3v) is 2.95. The summed E-state index contributed by atoms with van der Waals surface area (Å²) >= 11 is 3.20. The average molecular weight is 308 g/mol. The van der Waals surface area contributed by atoms with Gasteiger partial charge in [0.2, 0.25) is 0 Å². The number of benzene rings is 1. The van der Waals surface area contributed by atoms with E-state index in [1.165, 1.54) is 18.5 Å². The van der Waals surface area contributed by atoms with Crippen LogP contribution in [-0.4, -0.2) is 9.97 Å². The summed E-state index contributed by atoms with van der Waals surface area (Å²) in [5.41, 5.74) is 6.03. The zero-order valence-corrected chi connectivity index (χ0v) is 10.6. The highest BCUT2D eigenvalue weighted by atomic mass is 79.9. The summed E-state index contributed by atoms with van der Waals surface area (Å²) in [6.45, 7) is 0. The molecule has 0 radical (unpaired) electrons. The second-order valence-corrected chi connectivity index (χ2v) is 4.15. The van der Waals surface area contributed by atoms with Gasteiger partial charge >= 0.3 is 0 Å². The van der Waals surface area contributed by atoms with Gasteiger partial charge in [-0.2, -0.15) is 5.26 Å². The van der Waals surface area contributed by atoms with Crippen molar-refractivity contribution in [3.63, 3.8) is 0 Å². The quantitative estimate of drug-likeness (QED) is 0.890. The van der Waals surface area contributed by atoms with Crippen molar-refractivity contribution >= 4 is 33.3 Å². The van der Waals surface area contributed by atoms with E-state index in [2.05, 4.69) is 31.2 Å². The summed E-state index contributed by atoms with van der Waals surface area (Å²) in [6, 6.07) is 5.96. The minimum Gasteiger partial charge on any atom is -0.383 e. The third kappa shape index (κ3) is 2.38. The number of hydrogen-bond donors (Lipinski definition) is 2. The SMILES string of the molecule is N#Cc1ccc(Nc2ncnc(N)c2Br)c(F)c1. The zero-order chi connectivity index (χ0) is 13.1. The molecule has 0 aliphatic heterocycles. The second kappa shape index (κ2) is 4.98. The standard InChI is InChI=1S/C11H7BrFN5/c12-9-10(15)16-5-17-11(9)18-8-2-1-6(4-14)3-7(8)13/h1-3,5H,(H3,15,16,17,18). The maximum atomic E-state index is 13.7. The molecule has 1 aromatic heterocycles. The minimum atomic E-state index is -0.543. The van der Waals surface area contributed by atoms with E-state index in [0.29, 0.717) is 10.3 Å². The van der Waals surface area contributed by atoms with Gasteiger partial charge in [-0.3, -0.25) is 0 Å². The van der Waals surface area contributed by atoms with Crippen molar-refractivity contribution in [1.29, 1.82) is 5.26 Å². The van der Waals surface area contributed by atoms with Crippen LogP contribution in [0.5, 0.6) is 0 Å². The lowest BCUT2D eigenvalue weighted by Gasteiger charge is -2.09. The predicted molar refractivity (Wildman–Crippen MR) is 68.5 cm³/mol. The largest absolute Gasteiger partial charge is 0.383 e. The molecule has 5 nitrogen and oxygen atoms in total. The van der Waals surface area contributed by atoms with Crippen LogP contribution in [0.15, 0.2) is 29.0 Å². The highest BCUT2D eigenvalue weighted by Gasteiger charge is 2.09. The first-order valence-electron chi connectivity index (χ1n) is 4.84. The first-order valence-corrected chi connectivity index (χ1v) is 5.63. The smallest absolute Gasteiger partial charge is 0.150 e. The molecule has 0 unspecified atom stereocenters. The van der Waals surface area contributed by atoms with Crippen molar-refractivity contribution in [1.82, 2.24) is 9.97 Å². The fourth-order valence-corrected chi connectivity index (χ4v) is 1.59. The lowest BCUT2D eigenvalue weighted by Crippen LogP contribution is -2.01. The Hall–Kier alpha value is -2.20. The Morgan fingerprint density at radius 3 is 2.83 bits per heavy atom. The number of nitrogen functional groups attached to an aromatic ring is 1. The van der Waals surface area contributed by atoms with Crippen LogP contribution >= 0.6 is 15.9 Å². The normalized spacial score (nSPS) is 9.83. The molecule has 1 aromatic carbocycles. The van der Waals surface area contributed by atoms with Crippen LogP contribution in [0.25, 0.3) is 0 Å². The van der Waals surface area contributed by atoms with Crippen LogP contribution in [0, 0.1) is 17.1 Å². The van der Waals surface area contributed by atoms with Gasteiger partial charge in [-0.1, -0.05) is 0 Å². The van der Waals surface area contributed by atoms with Gasteiger partial charge in [-0.15, -0.1) is 0 Å². The van der Waals surface area contributed by atoms with Crippen molar-refractivity contribution in [2.24, 2.45) is 0 Å². The number of halogens is 2. The molecule has 0 aliphatic carbocycles. The monoisotopic (exact) mass is 307 g/mol. The Kier molecular flexibility index (Phi) is 3.39. The van der Waals surface area contributed by atoms with E-state index in [9.17, 15) is 4.39 Å². The molecule has 90 valence electrons. The van der Waals surface area contributed by atoms with Crippen molar-refractivity contribution in [2.45, 2.75) is 0 Å². The molecule has 0 bridgehead atoms. The summed E-state index contributed by atoms with van der Waals surface area (Å²) in [5.74, 6) is 0.0609. The molecule has 0 fully saturated rings. The molecule has 0 amide bonds. The number of hydrogen-bond acceptors (Lipinski definition) is 5. The predicted octanol–water partition coefficient (Wildman–Crippen LogP) is 2.58. The second-order valence-electron chi connectivity index (χ2n) is 3.35. The Balaban J connectivity index is 2.35. The molecule has 0 spiro atoms. The van der Waals surface area contributed by atoms with Gasteiger partial charge in [-0.25, -0.2) is 14.4 Å². The molecule has 0 aliphatic rings. The van der Waals surface area contributed by atoms with Crippen LogP contribution in [-0.2, 0) is 0 Å². The van der Waals surface area contributed by atoms with E-state index in [1.54, 1.807) is 0 Å². The number of nitrogens with two attached hydrogens (primary N) is 1. The van der Waals surface area contributed by atoms with Gasteiger partial charge in [0.25, 0.3) is 0 Å². The van der Waals surface area contributed by atoms with Gasteiger partial charge in [0.1, 0.15) is 28.3 Å². The van der Waals surface area contributed by atoms with E-state index < -0.39 is 5.82 Å². The Morgan fingerprint density at radius 2 is 2.17 bits per heavy atom. The number of rotatable bonds is 2. The van der Waals surface area contributed by atoms with E-state index in [0.717, 1.165) is 6.07 Å². The van der Waals surface area contributed by atoms with E-state index in [4.69, 9.17) is 11.0 Å². The average Bonchev–Trinajstić information content (AvgIpc) is 2.37. The summed E-state index contributed by atoms with van der Waals surface area (Å²) in [5, 5.41) is 11.4. The van der Waals surface area contributed by atoms with Crippen molar-refractivity contribution in [3.05, 3.63) is 40.4 Å². The number of nitriles is 1. The topological polar surface area (TPSA) is 87.6 Å². The maximum absolute atomic E-state index is 13.7. The highest BCUT2D eigenvalue weighted by molar-refractivity contribution is 9.10. The van der Waals surface area contributed by atoms with Gasteiger partial charge in [-0.05, 0) is 34.1 Å². The van der Waals surface area contributed by atoms with Gasteiger partial charge in [0, 0.05) is 0 Å². The van der Waals surface area contributed by atoms with E-state index in [1.807, 2.05) is 6.07 Å². The first-order chi connectivity index (χ1) is 8.61. The molecule has 2 rings (SSSR count). The molecule has 0 saturated heterocycles. The lowest BCUT2D eigenvalue weighted by atomic mass is 10.2. The van der Waals surface area contributed by atoms with Gasteiger partial charge in [0.05, 0.1) is 17.3 Å². The summed E-state index contributed by atoms with van der Waals surface area (Å²) < 4.78 is 14.1. The number of aromatic nitrogens is 2. The molecular weight excluding hydrogens is 301 g/mol. The van der Waals surface area contributed by atoms with Crippen molar-refractivity contribution in [2.75, 3.05) is 11.1 Å². The molecule has 0 saturated carbocycles. The molecular formula is C11H7BrFN5. The molecule has 2 aromatic rings. The van der Waals surface area contributed by atoms with Crippen LogP contribution in [0.4, 0.5) is 21.7 Å². The van der Waals surface area contributed by atoms with Crippen LogP contribution < -0.4 is 11.1 Å². The number of anilines is 3. The van der Waals surface area contributed by atoms with Gasteiger partial charge in [0.15, 0.2) is 0 Å². The summed E-state index contributed by atoms with van der Waals surface area (Å²) in [6.07, 6.45) is 1.27. The highest BCUT2D eigenvalue weighted by Crippen LogP contribution is 2.28. The van der Waals surface area contributed by atoms with Crippen molar-refractivity contribution in [3.8, 4) is 6.07 Å². The van der Waals surface area contributed by atoms with Crippen LogP contribution in [0.3, 0.4) is 0 Å². The number of nitrogens with one attached hydrogen (secondary N) is 1.